The first-order valence-electron chi connectivity index (χ1n) is 41.3. The minimum absolute atomic E-state index is 0.00591. The molecule has 20 heteroatoms. The molecule has 0 bridgehead atoms. The van der Waals surface area contributed by atoms with Crippen LogP contribution in [0.4, 0.5) is 0 Å². The van der Waals surface area contributed by atoms with Crippen LogP contribution in [0.3, 0.4) is 0 Å². The average molecular weight is 1650 g/mol. The van der Waals surface area contributed by atoms with Crippen molar-refractivity contribution >= 4 is 101 Å². The van der Waals surface area contributed by atoms with Crippen LogP contribution < -0.4 is 5.43 Å². The molecule has 2 aliphatic heterocycles. The first-order valence-corrected chi connectivity index (χ1v) is 41.3. The van der Waals surface area contributed by atoms with E-state index < -0.39 is 10.8 Å². The molecule has 13 heterocycles. The Morgan fingerprint density at radius 3 is 1.54 bits per heavy atom. The molecule has 122 heavy (non-hydrogen) atoms. The molecule has 638 valence electrons. The van der Waals surface area contributed by atoms with Gasteiger partial charge in [0.15, 0.2) is 46.2 Å². The smallest absolute Gasteiger partial charge is 0.203 e. The van der Waals surface area contributed by atoms with Crippen LogP contribution in [-0.4, -0.2) is 95.5 Å². The monoisotopic (exact) mass is 1640 g/mol. The van der Waals surface area contributed by atoms with Crippen molar-refractivity contribution in [2.75, 3.05) is 0 Å². The zero-order valence-corrected chi connectivity index (χ0v) is 75.8. The summed E-state index contributed by atoms with van der Waals surface area (Å²) in [6.07, 6.45) is 22.9. The number of para-hydroxylation sites is 2. The van der Waals surface area contributed by atoms with E-state index in [2.05, 4.69) is 25.8 Å². The molecule has 20 nitrogen and oxygen atoms in total. The molecule has 0 saturated heterocycles. The fraction of sp³-hybridized carbons (Fsp3) is 0.343. The Bertz CT molecular complexity index is 5790. The number of furan rings is 2. The number of aromatic nitrogens is 8. The van der Waals surface area contributed by atoms with Gasteiger partial charge in [-0.15, -0.1) is 0 Å². The van der Waals surface area contributed by atoms with Gasteiger partial charge in [-0.05, 0) is 117 Å². The highest BCUT2D eigenvalue weighted by atomic mass is 16.3. The number of carbonyl (C=O) groups excluding carboxylic acids is 8. The Morgan fingerprint density at radius 2 is 0.975 bits per heavy atom. The molecule has 0 fully saturated rings. The van der Waals surface area contributed by atoms with Crippen molar-refractivity contribution in [2.45, 2.75) is 186 Å². The Balaban J connectivity index is 0.000000158. The molecule has 2 aliphatic rings. The third-order valence-corrected chi connectivity index (χ3v) is 20.1. The number of aryl methyl sites for hydroxylation is 3. The van der Waals surface area contributed by atoms with E-state index in [1.54, 1.807) is 15.2 Å². The Morgan fingerprint density at radius 1 is 0.434 bits per heavy atom. The lowest BCUT2D eigenvalue weighted by atomic mass is 9.85. The topological polar surface area (TPSA) is 250 Å². The second-order valence-electron chi connectivity index (χ2n) is 38.3. The fourth-order valence-corrected chi connectivity index (χ4v) is 12.9. The van der Waals surface area contributed by atoms with E-state index in [1.807, 2.05) is 419 Å². The summed E-state index contributed by atoms with van der Waals surface area (Å²) in [4.78, 5) is 96.2. The molecular weight excluding hydrogens is 1530 g/mol. The third-order valence-electron chi connectivity index (χ3n) is 20.1. The van der Waals surface area contributed by atoms with Gasteiger partial charge < -0.3 is 23.1 Å². The van der Waals surface area contributed by atoms with Crippen LogP contribution in [0.1, 0.15) is 249 Å². The number of benzene rings is 3. The number of aromatic amines is 1. The molecule has 1 atom stereocenters. The third kappa shape index (κ3) is 23.1. The summed E-state index contributed by atoms with van der Waals surface area (Å²) in [6.45, 7) is 50.0. The molecule has 16 rings (SSSR count). The average Bonchev–Trinajstić information content (AvgIpc) is 1.64. The number of hydrogen-bond donors (Lipinski definition) is 2. The number of allylic oxidation sites excluding steroid dienone is 2. The van der Waals surface area contributed by atoms with Gasteiger partial charge in [-0.2, -0.15) is 15.3 Å². The molecule has 14 aromatic rings. The lowest BCUT2D eigenvalue weighted by Gasteiger charge is -2.26. The lowest BCUT2D eigenvalue weighted by molar-refractivity contribution is -0.122. The van der Waals surface area contributed by atoms with E-state index in [0.717, 1.165) is 93.9 Å². The number of fused-ring (bicyclic) bond motifs is 8. The Hall–Kier alpha value is -12.7. The van der Waals surface area contributed by atoms with Gasteiger partial charge in [0.1, 0.15) is 22.6 Å². The number of ketones is 8. The Kier molecular flexibility index (Phi) is 28.6. The minimum atomic E-state index is -0.404. The molecule has 0 saturated carbocycles. The second-order valence-corrected chi connectivity index (χ2v) is 38.3. The normalized spacial score (nSPS) is 13.3. The molecule has 2 N–H and O–H groups in total. The summed E-state index contributed by atoms with van der Waals surface area (Å²) in [5.74, 6) is 1.93. The fourth-order valence-electron chi connectivity index (χ4n) is 12.9. The van der Waals surface area contributed by atoms with Gasteiger partial charge in [-0.1, -0.05) is 244 Å². The SMILES string of the molecule is CC(C)(C)C(=O)C1=CN2NC=CC2C=C1.CC(C)(C)C(=O)c1cc2ccccc2o1.CC(C)(C)C(=O)c1cc2ccccn2c1.CC(C)(C)C(=O)c1cc2ccccn2n1.CC(C)(C)C(=O)c1ccc2cn[nH]c2c1.Cc1c(C(=O)C(C)(C)C)cn2ccccc12.Cc1c(C(=O)C(C)(C)C)oc2ccccc12.Cc1c(C(=O)C(C)C)nn2ccccc12. The molecule has 0 radical (unpaired) electrons. The minimum Gasteiger partial charge on any atom is -0.453 e. The molecule has 3 aromatic carbocycles. The van der Waals surface area contributed by atoms with Gasteiger partial charge >= 0.3 is 0 Å². The van der Waals surface area contributed by atoms with Crippen molar-refractivity contribution in [1.29, 1.82) is 0 Å². The van der Waals surface area contributed by atoms with Crippen LogP contribution in [0.5, 0.6) is 0 Å². The van der Waals surface area contributed by atoms with E-state index >= 15 is 0 Å². The van der Waals surface area contributed by atoms with Crippen LogP contribution in [-0.2, 0) is 4.79 Å². The first-order chi connectivity index (χ1) is 56.8. The van der Waals surface area contributed by atoms with Gasteiger partial charge in [0, 0.05) is 154 Å². The number of Topliss-reactive ketones (excluding diaryl/α,β-unsaturated/α-hetero) is 8. The van der Waals surface area contributed by atoms with Gasteiger partial charge in [0.05, 0.1) is 28.8 Å². The van der Waals surface area contributed by atoms with E-state index in [9.17, 15) is 38.4 Å². The summed E-state index contributed by atoms with van der Waals surface area (Å²) in [7, 11) is 0. The van der Waals surface area contributed by atoms with Gasteiger partial charge in [-0.25, -0.2) is 9.03 Å². The molecule has 1 unspecified atom stereocenters. The van der Waals surface area contributed by atoms with Crippen molar-refractivity contribution in [3.63, 3.8) is 0 Å². The quantitative estimate of drug-likeness (QED) is 0.128. The molecular formula is C102H120N10O10. The van der Waals surface area contributed by atoms with Crippen LogP contribution in [0.2, 0.25) is 0 Å². The van der Waals surface area contributed by atoms with E-state index in [1.165, 1.54) is 0 Å². The standard InChI is InChI=1S/C14H17NO.C14H16O2.C13H15NO.C13H14O2.C12H14N2O.C12H16N2O.2C12H14N2O/c1-10-11(13(16)14(2,3)4)9-15-8-6-5-7-12(10)15;1-9-10-7-5-6-8-11(10)16-12(9)13(15)14(2,3)4;1-13(2,3)12(15)10-8-11-6-4-5-7-14(11)9-10;1-13(2,3)12(14)11-8-9-6-4-5-7-10(9)15-11;1-12(2,3)11(15)8-4-5-9-7-13-14-10(9)6-8;1-12(2,3)11(15)9-4-5-10-6-7-13-14(10)8-9;1-12(2,3)11(15)10-8-9-6-4-5-7-14(9)13-10;1-8(2)12(15)11-9(3)10-6-4-5-7-14(10)13-11/h5-9H,1-4H3;5-8H,1-4H3;4-9H,1-3H3;4-8H,1-3H3;4-7H,1-3H3,(H,13,14);4-8,10,13H,1-3H3;2*4-8H,1-3H3. The van der Waals surface area contributed by atoms with Gasteiger partial charge in [0.25, 0.3) is 0 Å². The Labute approximate surface area is 716 Å². The molecule has 0 amide bonds. The number of carbonyl (C=O) groups is 8. The predicted octanol–water partition coefficient (Wildman–Crippen LogP) is 23.9. The van der Waals surface area contributed by atoms with Crippen molar-refractivity contribution in [3.8, 4) is 0 Å². The van der Waals surface area contributed by atoms with Crippen molar-refractivity contribution in [1.82, 2.24) is 48.7 Å². The number of hydrazine groups is 1. The number of hydrogen-bond acceptors (Lipinski definition) is 15. The van der Waals surface area contributed by atoms with E-state index in [-0.39, 0.29) is 85.3 Å². The molecule has 0 spiro atoms. The van der Waals surface area contributed by atoms with Crippen LogP contribution in [0.15, 0.2) is 246 Å². The molecule has 0 aliphatic carbocycles. The number of nitrogens with one attached hydrogen (secondary N) is 2. The van der Waals surface area contributed by atoms with Crippen molar-refractivity contribution in [2.24, 2.45) is 43.8 Å². The zero-order chi connectivity index (χ0) is 90.1. The largest absolute Gasteiger partial charge is 0.453 e. The van der Waals surface area contributed by atoms with Crippen LogP contribution >= 0.6 is 0 Å². The maximum atomic E-state index is 12.2. The number of nitrogens with zero attached hydrogens (tertiary/aromatic N) is 8. The van der Waals surface area contributed by atoms with Crippen molar-refractivity contribution < 1.29 is 47.2 Å². The van der Waals surface area contributed by atoms with Crippen LogP contribution in [0, 0.1) is 64.6 Å². The van der Waals surface area contributed by atoms with Crippen molar-refractivity contribution in [3.05, 3.63) is 294 Å². The number of H-pyrrole nitrogens is 1. The van der Waals surface area contributed by atoms with E-state index in [0.29, 0.717) is 22.9 Å². The predicted molar refractivity (Wildman–Crippen MR) is 489 cm³/mol. The zero-order valence-electron chi connectivity index (χ0n) is 75.8. The van der Waals surface area contributed by atoms with Gasteiger partial charge in [-0.3, -0.25) is 48.5 Å². The highest BCUT2D eigenvalue weighted by molar-refractivity contribution is 6.06. The van der Waals surface area contributed by atoms with Gasteiger partial charge in [0.2, 0.25) is 11.6 Å². The highest BCUT2D eigenvalue weighted by Gasteiger charge is 2.33. The summed E-state index contributed by atoms with van der Waals surface area (Å²) in [6, 6.07) is 50.4. The second kappa shape index (κ2) is 37.5. The van der Waals surface area contributed by atoms with Crippen LogP contribution in [0.25, 0.3) is 54.9 Å². The lowest BCUT2D eigenvalue weighted by Crippen LogP contribution is -2.35. The molecule has 11 aromatic heterocycles. The highest BCUT2D eigenvalue weighted by Crippen LogP contribution is 2.34. The van der Waals surface area contributed by atoms with E-state index in [4.69, 9.17) is 8.83 Å². The maximum Gasteiger partial charge on any atom is 0.203 e. The first kappa shape index (κ1) is 93.2. The summed E-state index contributed by atoms with van der Waals surface area (Å²) in [5.41, 5.74) is 14.4. The number of rotatable bonds is 9. The summed E-state index contributed by atoms with van der Waals surface area (Å²) < 4.78 is 18.6. The number of pyridine rings is 4. The summed E-state index contributed by atoms with van der Waals surface area (Å²) in [5, 5.41) is 20.3. The maximum absolute atomic E-state index is 12.2. The summed E-state index contributed by atoms with van der Waals surface area (Å²) >= 11 is 0.